The molecule has 1 unspecified atom stereocenters. The van der Waals surface area contributed by atoms with Gasteiger partial charge < -0.3 is 5.32 Å². The summed E-state index contributed by atoms with van der Waals surface area (Å²) in [5.74, 6) is 0.737. The highest BCUT2D eigenvalue weighted by atomic mass is 15.2. The van der Waals surface area contributed by atoms with Crippen molar-refractivity contribution in [3.05, 3.63) is 42.5 Å². The van der Waals surface area contributed by atoms with E-state index in [1.54, 1.807) is 0 Å². The Balaban J connectivity index is 1.63. The van der Waals surface area contributed by atoms with E-state index in [4.69, 9.17) is 0 Å². The fourth-order valence-electron chi connectivity index (χ4n) is 2.95. The molecule has 1 aromatic carbocycles. The first-order chi connectivity index (χ1) is 8.86. The monoisotopic (exact) mass is 242 g/mol. The summed E-state index contributed by atoms with van der Waals surface area (Å²) in [6.07, 6.45) is 6.02. The lowest BCUT2D eigenvalue weighted by molar-refractivity contribution is 0.245. The van der Waals surface area contributed by atoms with Crippen molar-refractivity contribution in [2.24, 2.45) is 5.92 Å². The van der Waals surface area contributed by atoms with Crippen molar-refractivity contribution >= 4 is 5.69 Å². The van der Waals surface area contributed by atoms with Gasteiger partial charge in [0.25, 0.3) is 0 Å². The number of benzene rings is 1. The van der Waals surface area contributed by atoms with Crippen LogP contribution in [0, 0.1) is 5.92 Å². The first kappa shape index (κ1) is 11.8. The molecule has 2 heteroatoms. The first-order valence-corrected chi connectivity index (χ1v) is 7.03. The van der Waals surface area contributed by atoms with Gasteiger partial charge in [0.05, 0.1) is 0 Å². The van der Waals surface area contributed by atoms with Gasteiger partial charge in [-0.25, -0.2) is 0 Å². The Hall–Kier alpha value is -1.28. The number of rotatable bonds is 5. The molecule has 0 aromatic heterocycles. The number of nitrogens with zero attached hydrogens (tertiary/aromatic N) is 1. The van der Waals surface area contributed by atoms with Crippen LogP contribution in [-0.2, 0) is 6.42 Å². The molecule has 0 spiro atoms. The fourth-order valence-corrected chi connectivity index (χ4v) is 2.95. The molecule has 1 aliphatic carbocycles. The van der Waals surface area contributed by atoms with Crippen molar-refractivity contribution in [2.75, 3.05) is 25.0 Å². The standard InChI is InChI=1S/C16H22N2/c1-2-9-18(15-7-8-15)12-13-10-14-5-3-4-6-16(14)17-11-13/h2-6,13,15,17H,1,7-12H2. The highest BCUT2D eigenvalue weighted by Crippen LogP contribution is 2.30. The highest BCUT2D eigenvalue weighted by Gasteiger charge is 2.30. The number of hydrogen-bond acceptors (Lipinski definition) is 2. The molecule has 1 heterocycles. The predicted octanol–water partition coefficient (Wildman–Crippen LogP) is 2.92. The van der Waals surface area contributed by atoms with Crippen molar-refractivity contribution in [1.82, 2.24) is 4.90 Å². The molecule has 1 fully saturated rings. The molecule has 1 N–H and O–H groups in total. The third-order valence-corrected chi connectivity index (χ3v) is 4.03. The highest BCUT2D eigenvalue weighted by molar-refractivity contribution is 5.53. The molecular formula is C16H22N2. The Morgan fingerprint density at radius 2 is 2.17 bits per heavy atom. The van der Waals surface area contributed by atoms with Crippen molar-refractivity contribution < 1.29 is 0 Å². The summed E-state index contributed by atoms with van der Waals surface area (Å²) in [6, 6.07) is 9.53. The van der Waals surface area contributed by atoms with E-state index in [-0.39, 0.29) is 0 Å². The molecule has 1 aliphatic heterocycles. The smallest absolute Gasteiger partial charge is 0.0372 e. The van der Waals surface area contributed by atoms with Gasteiger partial charge in [-0.2, -0.15) is 0 Å². The molecule has 2 nitrogen and oxygen atoms in total. The molecule has 0 bridgehead atoms. The number of anilines is 1. The second-order valence-electron chi connectivity index (χ2n) is 5.58. The third-order valence-electron chi connectivity index (χ3n) is 4.03. The maximum Gasteiger partial charge on any atom is 0.0372 e. The number of fused-ring (bicyclic) bond motifs is 1. The second-order valence-corrected chi connectivity index (χ2v) is 5.58. The van der Waals surface area contributed by atoms with E-state index in [2.05, 4.69) is 41.1 Å². The summed E-state index contributed by atoms with van der Waals surface area (Å²) in [7, 11) is 0. The zero-order chi connectivity index (χ0) is 12.4. The van der Waals surface area contributed by atoms with Gasteiger partial charge in [0, 0.05) is 31.4 Å². The Morgan fingerprint density at radius 3 is 2.94 bits per heavy atom. The van der Waals surface area contributed by atoms with E-state index < -0.39 is 0 Å². The van der Waals surface area contributed by atoms with E-state index in [0.29, 0.717) is 0 Å². The lowest BCUT2D eigenvalue weighted by Gasteiger charge is -2.31. The van der Waals surface area contributed by atoms with E-state index >= 15 is 0 Å². The molecular weight excluding hydrogens is 220 g/mol. The summed E-state index contributed by atoms with van der Waals surface area (Å²) in [6.45, 7) is 7.24. The summed E-state index contributed by atoms with van der Waals surface area (Å²) >= 11 is 0. The Morgan fingerprint density at radius 1 is 1.33 bits per heavy atom. The Bertz CT molecular complexity index is 423. The van der Waals surface area contributed by atoms with E-state index in [1.807, 2.05) is 6.08 Å². The molecule has 3 rings (SSSR count). The Labute approximate surface area is 110 Å². The maximum absolute atomic E-state index is 3.88. The van der Waals surface area contributed by atoms with Crippen LogP contribution < -0.4 is 5.32 Å². The topological polar surface area (TPSA) is 15.3 Å². The largest absolute Gasteiger partial charge is 0.384 e. The minimum Gasteiger partial charge on any atom is -0.384 e. The van der Waals surface area contributed by atoms with Crippen LogP contribution in [-0.4, -0.2) is 30.6 Å². The molecule has 0 amide bonds. The number of para-hydroxylation sites is 1. The zero-order valence-electron chi connectivity index (χ0n) is 10.9. The summed E-state index contributed by atoms with van der Waals surface area (Å²) in [5, 5.41) is 3.57. The van der Waals surface area contributed by atoms with Crippen molar-refractivity contribution in [3.63, 3.8) is 0 Å². The van der Waals surface area contributed by atoms with Gasteiger partial charge in [-0.1, -0.05) is 24.3 Å². The minimum absolute atomic E-state index is 0.737. The summed E-state index contributed by atoms with van der Waals surface area (Å²) in [4.78, 5) is 2.60. The fraction of sp³-hybridized carbons (Fsp3) is 0.500. The van der Waals surface area contributed by atoms with E-state index in [1.165, 1.54) is 37.1 Å². The van der Waals surface area contributed by atoms with Crippen molar-refractivity contribution in [3.8, 4) is 0 Å². The number of hydrogen-bond donors (Lipinski definition) is 1. The summed E-state index contributed by atoms with van der Waals surface area (Å²) < 4.78 is 0. The van der Waals surface area contributed by atoms with Gasteiger partial charge in [0.15, 0.2) is 0 Å². The van der Waals surface area contributed by atoms with Crippen LogP contribution in [0.1, 0.15) is 18.4 Å². The molecule has 1 aromatic rings. The van der Waals surface area contributed by atoms with E-state index in [0.717, 1.165) is 25.0 Å². The predicted molar refractivity (Wildman–Crippen MR) is 76.9 cm³/mol. The molecule has 96 valence electrons. The second kappa shape index (κ2) is 5.15. The number of nitrogens with one attached hydrogen (secondary N) is 1. The first-order valence-electron chi connectivity index (χ1n) is 7.03. The lowest BCUT2D eigenvalue weighted by atomic mass is 9.93. The minimum atomic E-state index is 0.737. The van der Waals surface area contributed by atoms with Crippen LogP contribution in [0.5, 0.6) is 0 Å². The SMILES string of the molecule is C=CCN(CC1CNc2ccccc2C1)C1CC1. The molecule has 0 saturated heterocycles. The zero-order valence-corrected chi connectivity index (χ0v) is 10.9. The van der Waals surface area contributed by atoms with Crippen molar-refractivity contribution in [2.45, 2.75) is 25.3 Å². The van der Waals surface area contributed by atoms with Gasteiger partial charge in [0.2, 0.25) is 0 Å². The van der Waals surface area contributed by atoms with Gasteiger partial charge in [0.1, 0.15) is 0 Å². The van der Waals surface area contributed by atoms with Crippen LogP contribution in [0.15, 0.2) is 36.9 Å². The van der Waals surface area contributed by atoms with Gasteiger partial charge in [-0.3, -0.25) is 4.90 Å². The van der Waals surface area contributed by atoms with Gasteiger partial charge in [-0.05, 0) is 36.8 Å². The van der Waals surface area contributed by atoms with Crippen LogP contribution in [0.3, 0.4) is 0 Å². The molecule has 2 aliphatic rings. The van der Waals surface area contributed by atoms with Crippen LogP contribution >= 0.6 is 0 Å². The van der Waals surface area contributed by atoms with Crippen molar-refractivity contribution in [1.29, 1.82) is 0 Å². The maximum atomic E-state index is 3.88. The average molecular weight is 242 g/mol. The molecule has 1 atom stereocenters. The van der Waals surface area contributed by atoms with E-state index in [9.17, 15) is 0 Å². The summed E-state index contributed by atoms with van der Waals surface area (Å²) in [5.41, 5.74) is 2.80. The van der Waals surface area contributed by atoms with Crippen LogP contribution in [0.2, 0.25) is 0 Å². The van der Waals surface area contributed by atoms with Gasteiger partial charge in [-0.15, -0.1) is 6.58 Å². The normalized spacial score (nSPS) is 22.4. The molecule has 18 heavy (non-hydrogen) atoms. The Kier molecular flexibility index (Phi) is 3.37. The van der Waals surface area contributed by atoms with Crippen LogP contribution in [0.25, 0.3) is 0 Å². The average Bonchev–Trinajstić information content (AvgIpc) is 3.22. The quantitative estimate of drug-likeness (QED) is 0.799. The molecule has 0 radical (unpaired) electrons. The lowest BCUT2D eigenvalue weighted by Crippen LogP contribution is -2.37. The van der Waals surface area contributed by atoms with Crippen LogP contribution in [0.4, 0.5) is 5.69 Å². The van der Waals surface area contributed by atoms with Gasteiger partial charge >= 0.3 is 0 Å². The molecule has 1 saturated carbocycles. The third kappa shape index (κ3) is 2.59.